The van der Waals surface area contributed by atoms with Gasteiger partial charge in [0.15, 0.2) is 0 Å². The van der Waals surface area contributed by atoms with Gasteiger partial charge in [0.2, 0.25) is 0 Å². The summed E-state index contributed by atoms with van der Waals surface area (Å²) in [6, 6.07) is 13.2. The molecular weight excluding hydrogens is 216 g/mol. The van der Waals surface area contributed by atoms with Crippen LogP contribution in [-0.4, -0.2) is 0 Å². The molecule has 2 aromatic rings. The van der Waals surface area contributed by atoms with Gasteiger partial charge in [0.05, 0.1) is 0 Å². The lowest BCUT2D eigenvalue weighted by Crippen LogP contribution is -1.98. The van der Waals surface area contributed by atoms with Crippen molar-refractivity contribution in [1.82, 2.24) is 0 Å². The largest absolute Gasteiger partial charge is 0.0620 e. The van der Waals surface area contributed by atoms with E-state index in [1.807, 2.05) is 0 Å². The molecule has 0 nitrogen and oxygen atoms in total. The van der Waals surface area contributed by atoms with E-state index in [-0.39, 0.29) is 0 Å². The maximum absolute atomic E-state index is 2.29. The first-order valence-corrected chi connectivity index (χ1v) is 6.70. The van der Waals surface area contributed by atoms with Crippen LogP contribution in [0.25, 0.3) is 0 Å². The minimum atomic E-state index is 1.13. The highest BCUT2D eigenvalue weighted by atomic mass is 14.1. The monoisotopic (exact) mass is 238 g/mol. The van der Waals surface area contributed by atoms with Gasteiger partial charge >= 0.3 is 0 Å². The van der Waals surface area contributed by atoms with E-state index in [4.69, 9.17) is 0 Å². The Hall–Kier alpha value is -1.56. The average Bonchev–Trinajstić information content (AvgIpc) is 2.37. The van der Waals surface area contributed by atoms with E-state index in [9.17, 15) is 0 Å². The van der Waals surface area contributed by atoms with Gasteiger partial charge in [-0.05, 0) is 73.9 Å². The van der Waals surface area contributed by atoms with E-state index in [1.165, 1.54) is 33.4 Å². The molecule has 0 aromatic heterocycles. The maximum Gasteiger partial charge on any atom is -0.0235 e. The molecule has 0 atom stereocenters. The Morgan fingerprint density at radius 2 is 1.28 bits per heavy atom. The van der Waals surface area contributed by atoms with Gasteiger partial charge in [0, 0.05) is 0 Å². The average molecular weight is 238 g/mol. The fraction of sp³-hybridized carbons (Fsp3) is 0.333. The molecule has 0 heteroatoms. The van der Waals surface area contributed by atoms with Crippen LogP contribution in [0.2, 0.25) is 0 Å². The molecule has 0 fully saturated rings. The molecule has 0 unspecified atom stereocenters. The van der Waals surface area contributed by atoms with E-state index in [1.54, 1.807) is 0 Å². The molecule has 0 N–H and O–H groups in total. The first-order chi connectivity index (χ1) is 8.59. The number of rotatable bonds is 3. The van der Waals surface area contributed by atoms with Gasteiger partial charge < -0.3 is 0 Å². The summed E-state index contributed by atoms with van der Waals surface area (Å²) in [6.07, 6.45) is 2.27. The second kappa shape index (κ2) is 5.39. The fourth-order valence-corrected chi connectivity index (χ4v) is 2.44. The Balaban J connectivity index is 2.17. The van der Waals surface area contributed by atoms with Crippen molar-refractivity contribution in [2.45, 2.75) is 40.5 Å². The summed E-state index contributed by atoms with van der Waals surface area (Å²) in [5.74, 6) is 0. The lowest BCUT2D eigenvalue weighted by atomic mass is 9.94. The quantitative estimate of drug-likeness (QED) is 0.726. The van der Waals surface area contributed by atoms with Gasteiger partial charge in [-0.1, -0.05) is 36.4 Å². The molecule has 18 heavy (non-hydrogen) atoms. The highest BCUT2D eigenvalue weighted by molar-refractivity contribution is 5.39. The molecule has 0 radical (unpaired) electrons. The van der Waals surface area contributed by atoms with Crippen molar-refractivity contribution in [2.75, 3.05) is 0 Å². The summed E-state index contributed by atoms with van der Waals surface area (Å²) >= 11 is 0. The highest BCUT2D eigenvalue weighted by Crippen LogP contribution is 2.19. The van der Waals surface area contributed by atoms with Crippen molar-refractivity contribution in [3.8, 4) is 0 Å². The van der Waals surface area contributed by atoms with Crippen molar-refractivity contribution in [3.05, 3.63) is 69.8 Å². The minimum Gasteiger partial charge on any atom is -0.0620 e. The lowest BCUT2D eigenvalue weighted by molar-refractivity contribution is 0.934. The van der Waals surface area contributed by atoms with Gasteiger partial charge in [0.1, 0.15) is 0 Å². The molecule has 0 saturated carbocycles. The molecule has 94 valence electrons. The van der Waals surface area contributed by atoms with Crippen LogP contribution in [0.1, 0.15) is 33.4 Å². The zero-order valence-corrected chi connectivity index (χ0v) is 11.9. The van der Waals surface area contributed by atoms with Crippen LogP contribution < -0.4 is 0 Å². The van der Waals surface area contributed by atoms with Crippen molar-refractivity contribution >= 4 is 0 Å². The summed E-state index contributed by atoms with van der Waals surface area (Å²) in [7, 11) is 0. The van der Waals surface area contributed by atoms with Crippen LogP contribution >= 0.6 is 0 Å². The SMILES string of the molecule is Cc1ccccc1CCc1ccc(C)c(C)c1C. The van der Waals surface area contributed by atoms with Crippen molar-refractivity contribution in [3.63, 3.8) is 0 Å². The molecule has 0 bridgehead atoms. The third-order valence-electron chi connectivity index (χ3n) is 4.10. The third kappa shape index (κ3) is 2.64. The lowest BCUT2D eigenvalue weighted by Gasteiger charge is -2.12. The Morgan fingerprint density at radius 3 is 2.00 bits per heavy atom. The maximum atomic E-state index is 2.29. The Bertz CT molecular complexity index is 550. The number of aryl methyl sites for hydroxylation is 4. The third-order valence-corrected chi connectivity index (χ3v) is 4.10. The molecule has 0 saturated heterocycles. The van der Waals surface area contributed by atoms with Crippen LogP contribution in [-0.2, 0) is 12.8 Å². The van der Waals surface area contributed by atoms with Crippen molar-refractivity contribution in [2.24, 2.45) is 0 Å². The first-order valence-electron chi connectivity index (χ1n) is 6.70. The Labute approximate surface area is 111 Å². The molecular formula is C18H22. The molecule has 0 aliphatic carbocycles. The number of hydrogen-bond donors (Lipinski definition) is 0. The standard InChI is InChI=1S/C18H22/c1-13-9-10-18(16(4)15(13)3)12-11-17-8-6-5-7-14(17)2/h5-10H,11-12H2,1-4H3. The van der Waals surface area contributed by atoms with Crippen LogP contribution in [0.4, 0.5) is 0 Å². The van der Waals surface area contributed by atoms with Crippen molar-refractivity contribution < 1.29 is 0 Å². The van der Waals surface area contributed by atoms with E-state index < -0.39 is 0 Å². The molecule has 0 spiro atoms. The summed E-state index contributed by atoms with van der Waals surface area (Å²) in [4.78, 5) is 0. The van der Waals surface area contributed by atoms with E-state index in [0.29, 0.717) is 0 Å². The van der Waals surface area contributed by atoms with Gasteiger partial charge in [-0.2, -0.15) is 0 Å². The van der Waals surface area contributed by atoms with Crippen LogP contribution in [0.5, 0.6) is 0 Å². The Kier molecular flexibility index (Phi) is 3.86. The van der Waals surface area contributed by atoms with Gasteiger partial charge in [0.25, 0.3) is 0 Å². The molecule has 2 aromatic carbocycles. The van der Waals surface area contributed by atoms with Crippen molar-refractivity contribution in [1.29, 1.82) is 0 Å². The predicted molar refractivity (Wildman–Crippen MR) is 79.2 cm³/mol. The molecule has 0 heterocycles. The minimum absolute atomic E-state index is 1.13. The topological polar surface area (TPSA) is 0 Å². The van der Waals surface area contributed by atoms with Crippen LogP contribution in [0.3, 0.4) is 0 Å². The van der Waals surface area contributed by atoms with Gasteiger partial charge in [-0.25, -0.2) is 0 Å². The molecule has 2 rings (SSSR count). The zero-order valence-electron chi connectivity index (χ0n) is 11.9. The normalized spacial score (nSPS) is 10.7. The second-order valence-corrected chi connectivity index (χ2v) is 5.22. The van der Waals surface area contributed by atoms with E-state index in [0.717, 1.165) is 12.8 Å². The summed E-state index contributed by atoms with van der Waals surface area (Å²) in [5.41, 5.74) is 8.66. The molecule has 0 amide bonds. The van der Waals surface area contributed by atoms with E-state index in [2.05, 4.69) is 64.1 Å². The van der Waals surface area contributed by atoms with Gasteiger partial charge in [-0.3, -0.25) is 0 Å². The van der Waals surface area contributed by atoms with Gasteiger partial charge in [-0.15, -0.1) is 0 Å². The smallest absolute Gasteiger partial charge is 0.0235 e. The predicted octanol–water partition coefficient (Wildman–Crippen LogP) is 4.71. The fourth-order valence-electron chi connectivity index (χ4n) is 2.44. The molecule has 0 aliphatic rings. The summed E-state index contributed by atoms with van der Waals surface area (Å²) in [6.45, 7) is 8.85. The number of benzene rings is 2. The summed E-state index contributed by atoms with van der Waals surface area (Å²) in [5, 5.41) is 0. The number of hydrogen-bond acceptors (Lipinski definition) is 0. The first kappa shape index (κ1) is 12.9. The molecule has 0 aliphatic heterocycles. The Morgan fingerprint density at radius 1 is 0.611 bits per heavy atom. The van der Waals surface area contributed by atoms with Crippen LogP contribution in [0.15, 0.2) is 36.4 Å². The van der Waals surface area contributed by atoms with Crippen LogP contribution in [0, 0.1) is 27.7 Å². The zero-order chi connectivity index (χ0) is 13.1. The van der Waals surface area contributed by atoms with E-state index >= 15 is 0 Å². The second-order valence-electron chi connectivity index (χ2n) is 5.22. The highest BCUT2D eigenvalue weighted by Gasteiger charge is 2.05. The summed E-state index contributed by atoms with van der Waals surface area (Å²) < 4.78 is 0.